The topological polar surface area (TPSA) is 58.2 Å². The maximum absolute atomic E-state index is 14.2. The average molecular weight is 309 g/mol. The average Bonchev–Trinajstić information content (AvgIpc) is 2.33. The van der Waals surface area contributed by atoms with Gasteiger partial charge in [-0.1, -0.05) is 25.4 Å². The van der Waals surface area contributed by atoms with Crippen molar-refractivity contribution in [1.82, 2.24) is 10.0 Å². The van der Waals surface area contributed by atoms with Crippen molar-refractivity contribution in [2.24, 2.45) is 0 Å². The van der Waals surface area contributed by atoms with Crippen molar-refractivity contribution >= 4 is 21.6 Å². The molecule has 0 aliphatic rings. The molecule has 0 atom stereocenters. The second-order valence-corrected chi connectivity index (χ2v) is 6.23. The molecule has 0 aromatic heterocycles. The van der Waals surface area contributed by atoms with Gasteiger partial charge in [0.25, 0.3) is 0 Å². The lowest BCUT2D eigenvalue weighted by Crippen LogP contribution is -2.25. The summed E-state index contributed by atoms with van der Waals surface area (Å²) in [6.07, 6.45) is 0.907. The molecule has 0 saturated heterocycles. The number of benzene rings is 1. The molecule has 2 N–H and O–H groups in total. The van der Waals surface area contributed by atoms with Gasteiger partial charge in [0.2, 0.25) is 10.0 Å². The van der Waals surface area contributed by atoms with Gasteiger partial charge in [0.1, 0.15) is 10.7 Å². The van der Waals surface area contributed by atoms with Gasteiger partial charge >= 0.3 is 0 Å². The van der Waals surface area contributed by atoms with Crippen molar-refractivity contribution in [2.75, 3.05) is 13.1 Å². The lowest BCUT2D eigenvalue weighted by atomic mass is 10.2. The lowest BCUT2D eigenvalue weighted by Gasteiger charge is -2.11. The summed E-state index contributed by atoms with van der Waals surface area (Å²) in [6.45, 7) is 4.78. The van der Waals surface area contributed by atoms with Gasteiger partial charge in [-0.2, -0.15) is 0 Å². The fraction of sp³-hybridized carbons (Fsp3) is 0.500. The van der Waals surface area contributed by atoms with E-state index in [1.807, 2.05) is 6.92 Å². The van der Waals surface area contributed by atoms with Crippen molar-refractivity contribution in [3.05, 3.63) is 28.5 Å². The van der Waals surface area contributed by atoms with Crippen molar-refractivity contribution in [3.8, 4) is 0 Å². The van der Waals surface area contributed by atoms with Crippen molar-refractivity contribution < 1.29 is 12.8 Å². The van der Waals surface area contributed by atoms with E-state index in [2.05, 4.69) is 10.0 Å². The highest BCUT2D eigenvalue weighted by Crippen LogP contribution is 2.23. The smallest absolute Gasteiger partial charge is 0.243 e. The van der Waals surface area contributed by atoms with Gasteiger partial charge in [-0.15, -0.1) is 0 Å². The molecule has 0 spiro atoms. The minimum atomic E-state index is -3.85. The first-order valence-corrected chi connectivity index (χ1v) is 7.96. The molecule has 1 aromatic rings. The van der Waals surface area contributed by atoms with Crippen LogP contribution in [0.4, 0.5) is 4.39 Å². The van der Waals surface area contributed by atoms with E-state index in [1.54, 1.807) is 6.92 Å². The van der Waals surface area contributed by atoms with Gasteiger partial charge < -0.3 is 5.32 Å². The molecule has 4 nitrogen and oxygen atoms in total. The molecule has 0 amide bonds. The van der Waals surface area contributed by atoms with Crippen LogP contribution < -0.4 is 10.0 Å². The summed E-state index contributed by atoms with van der Waals surface area (Å²) in [5.41, 5.74) is 0.248. The second-order valence-electron chi connectivity index (χ2n) is 4.06. The summed E-state index contributed by atoms with van der Waals surface area (Å²) < 4.78 is 40.1. The predicted molar refractivity (Wildman–Crippen MR) is 74.3 cm³/mol. The second kappa shape index (κ2) is 7.19. The highest BCUT2D eigenvalue weighted by atomic mass is 35.5. The Hall–Kier alpha value is -0.690. The van der Waals surface area contributed by atoms with Crippen LogP contribution in [0.3, 0.4) is 0 Å². The van der Waals surface area contributed by atoms with Gasteiger partial charge in [-0.3, -0.25) is 0 Å². The maximum Gasteiger partial charge on any atom is 0.243 e. The molecule has 0 fully saturated rings. The molecule has 0 aliphatic carbocycles. The molecule has 0 unspecified atom stereocenters. The van der Waals surface area contributed by atoms with E-state index in [1.165, 1.54) is 6.07 Å². The van der Waals surface area contributed by atoms with E-state index in [4.69, 9.17) is 11.6 Å². The summed E-state index contributed by atoms with van der Waals surface area (Å²) in [6, 6.07) is 2.56. The van der Waals surface area contributed by atoms with Crippen LogP contribution in [-0.4, -0.2) is 21.5 Å². The number of sulfonamides is 1. The molecule has 1 rings (SSSR count). The van der Waals surface area contributed by atoms with Crippen LogP contribution >= 0.6 is 11.6 Å². The van der Waals surface area contributed by atoms with Crippen LogP contribution in [0.1, 0.15) is 25.8 Å². The van der Waals surface area contributed by atoms with Crippen molar-refractivity contribution in [1.29, 1.82) is 0 Å². The van der Waals surface area contributed by atoms with Crippen LogP contribution in [0.25, 0.3) is 0 Å². The quantitative estimate of drug-likeness (QED) is 0.760. The molecule has 0 heterocycles. The molecule has 7 heteroatoms. The van der Waals surface area contributed by atoms with E-state index >= 15 is 0 Å². The number of hydrogen-bond donors (Lipinski definition) is 2. The molecular weight excluding hydrogens is 291 g/mol. The summed E-state index contributed by atoms with van der Waals surface area (Å²) in [4.78, 5) is -0.407. The first-order valence-electron chi connectivity index (χ1n) is 6.10. The normalized spacial score (nSPS) is 11.8. The molecule has 19 heavy (non-hydrogen) atoms. The van der Waals surface area contributed by atoms with Crippen LogP contribution in [0.15, 0.2) is 17.0 Å². The van der Waals surface area contributed by atoms with Crippen LogP contribution in [0.2, 0.25) is 5.02 Å². The molecule has 0 bridgehead atoms. The van der Waals surface area contributed by atoms with Crippen LogP contribution in [-0.2, 0) is 16.6 Å². The van der Waals surface area contributed by atoms with E-state index in [0.717, 1.165) is 19.0 Å². The van der Waals surface area contributed by atoms with Gasteiger partial charge in [0.15, 0.2) is 0 Å². The Morgan fingerprint density at radius 2 is 2.00 bits per heavy atom. The third-order valence-electron chi connectivity index (χ3n) is 2.45. The molecule has 1 aromatic carbocycles. The zero-order valence-corrected chi connectivity index (χ0v) is 12.5. The molecule has 0 aliphatic heterocycles. The van der Waals surface area contributed by atoms with Crippen LogP contribution in [0, 0.1) is 5.82 Å². The van der Waals surface area contributed by atoms with Crippen molar-refractivity contribution in [3.63, 3.8) is 0 Å². The maximum atomic E-state index is 14.2. The van der Waals surface area contributed by atoms with Crippen LogP contribution in [0.5, 0.6) is 0 Å². The Kier molecular flexibility index (Phi) is 6.19. The van der Waals surface area contributed by atoms with E-state index in [-0.39, 0.29) is 23.7 Å². The van der Waals surface area contributed by atoms with Gasteiger partial charge in [0.05, 0.1) is 0 Å². The monoisotopic (exact) mass is 308 g/mol. The summed E-state index contributed by atoms with van der Waals surface area (Å²) in [5.74, 6) is -0.756. The summed E-state index contributed by atoms with van der Waals surface area (Å²) in [7, 11) is -3.85. The fourth-order valence-electron chi connectivity index (χ4n) is 1.61. The standard InChI is InChI=1S/C12H18ClFN2O2S/c1-3-5-15-8-9-6-10(13)7-11(12(9)14)19(17,18)16-4-2/h6-7,15-16H,3-5,8H2,1-2H3. The van der Waals surface area contributed by atoms with E-state index in [9.17, 15) is 12.8 Å². The van der Waals surface area contributed by atoms with Gasteiger partial charge in [0, 0.05) is 23.7 Å². The zero-order valence-electron chi connectivity index (χ0n) is 11.0. The Morgan fingerprint density at radius 1 is 1.32 bits per heavy atom. The first kappa shape index (κ1) is 16.4. The molecule has 108 valence electrons. The lowest BCUT2D eigenvalue weighted by molar-refractivity contribution is 0.542. The van der Waals surface area contributed by atoms with Crippen molar-refractivity contribution in [2.45, 2.75) is 31.7 Å². The fourth-order valence-corrected chi connectivity index (χ4v) is 3.10. The molecular formula is C12H18ClFN2O2S. The Morgan fingerprint density at radius 3 is 2.58 bits per heavy atom. The van der Waals surface area contributed by atoms with Gasteiger partial charge in [-0.05, 0) is 25.1 Å². The minimum absolute atomic E-state index is 0.192. The number of rotatable bonds is 7. The molecule has 0 radical (unpaired) electrons. The minimum Gasteiger partial charge on any atom is -0.313 e. The SMILES string of the molecule is CCCNCc1cc(Cl)cc(S(=O)(=O)NCC)c1F. The third-order valence-corrected chi connectivity index (χ3v) is 4.21. The largest absolute Gasteiger partial charge is 0.313 e. The highest BCUT2D eigenvalue weighted by molar-refractivity contribution is 7.89. The number of nitrogens with one attached hydrogen (secondary N) is 2. The zero-order chi connectivity index (χ0) is 14.5. The van der Waals surface area contributed by atoms with E-state index in [0.29, 0.717) is 0 Å². The third kappa shape index (κ3) is 4.42. The predicted octanol–water partition coefficient (Wildman–Crippen LogP) is 2.28. The summed E-state index contributed by atoms with van der Waals surface area (Å²) >= 11 is 5.85. The number of halogens is 2. The highest BCUT2D eigenvalue weighted by Gasteiger charge is 2.21. The summed E-state index contributed by atoms with van der Waals surface area (Å²) in [5, 5.41) is 3.22. The van der Waals surface area contributed by atoms with E-state index < -0.39 is 20.7 Å². The first-order chi connectivity index (χ1) is 8.92. The Balaban J connectivity index is 3.13. The molecule has 0 saturated carbocycles. The Labute approximate surface area is 118 Å². The number of hydrogen-bond acceptors (Lipinski definition) is 3. The van der Waals surface area contributed by atoms with Gasteiger partial charge in [-0.25, -0.2) is 17.5 Å². The Bertz CT molecular complexity index is 535.